The minimum atomic E-state index is -0.148. The summed E-state index contributed by atoms with van der Waals surface area (Å²) in [5.41, 5.74) is -0.0954. The maximum absolute atomic E-state index is 11.2. The number of carbonyl (C=O) groups is 1. The minimum Gasteiger partial charge on any atom is -0.469 e. The van der Waals surface area contributed by atoms with E-state index in [4.69, 9.17) is 5.11 Å². The molecule has 1 aliphatic carbocycles. The van der Waals surface area contributed by atoms with Gasteiger partial charge in [-0.25, -0.2) is 0 Å². The topological polar surface area (TPSA) is 46.5 Å². The summed E-state index contributed by atoms with van der Waals surface area (Å²) in [5.74, 6) is 0.0750. The van der Waals surface area contributed by atoms with E-state index in [-0.39, 0.29) is 29.8 Å². The van der Waals surface area contributed by atoms with Crippen molar-refractivity contribution in [1.82, 2.24) is 0 Å². The fourth-order valence-electron chi connectivity index (χ4n) is 1.87. The van der Waals surface area contributed by atoms with Crippen molar-refractivity contribution in [1.29, 1.82) is 0 Å². The van der Waals surface area contributed by atoms with Crippen molar-refractivity contribution in [2.45, 2.75) is 20.3 Å². The van der Waals surface area contributed by atoms with Gasteiger partial charge in [-0.2, -0.15) is 0 Å². The fourth-order valence-corrected chi connectivity index (χ4v) is 1.87. The average Bonchev–Trinajstić information content (AvgIpc) is 2.03. The lowest BCUT2D eigenvalue weighted by molar-refractivity contribution is -0.164. The van der Waals surface area contributed by atoms with E-state index in [9.17, 15) is 4.79 Å². The molecule has 0 aromatic carbocycles. The van der Waals surface area contributed by atoms with Crippen molar-refractivity contribution in [3.63, 3.8) is 0 Å². The molecule has 3 heteroatoms. The number of ether oxygens (including phenoxy) is 1. The zero-order valence-electron chi connectivity index (χ0n) is 7.83. The van der Waals surface area contributed by atoms with E-state index < -0.39 is 0 Å². The Labute approximate surface area is 72.7 Å². The molecule has 0 radical (unpaired) electrons. The van der Waals surface area contributed by atoms with Gasteiger partial charge in [0.05, 0.1) is 13.0 Å². The number of methoxy groups -OCH3 is 1. The van der Waals surface area contributed by atoms with Gasteiger partial charge in [0.2, 0.25) is 0 Å². The summed E-state index contributed by atoms with van der Waals surface area (Å²) >= 11 is 0. The van der Waals surface area contributed by atoms with E-state index in [1.54, 1.807) is 0 Å². The van der Waals surface area contributed by atoms with Gasteiger partial charge in [0.15, 0.2) is 0 Å². The molecule has 0 bridgehead atoms. The second-order valence-corrected chi connectivity index (χ2v) is 4.01. The van der Waals surface area contributed by atoms with Crippen molar-refractivity contribution in [3.8, 4) is 0 Å². The summed E-state index contributed by atoms with van der Waals surface area (Å²) < 4.78 is 4.66. The first-order valence-electron chi connectivity index (χ1n) is 4.22. The first-order chi connectivity index (χ1) is 5.54. The van der Waals surface area contributed by atoms with E-state index in [0.717, 1.165) is 6.42 Å². The van der Waals surface area contributed by atoms with Gasteiger partial charge in [-0.15, -0.1) is 0 Å². The molecule has 1 saturated carbocycles. The quantitative estimate of drug-likeness (QED) is 0.627. The van der Waals surface area contributed by atoms with Crippen LogP contribution in [-0.2, 0) is 9.53 Å². The summed E-state index contributed by atoms with van der Waals surface area (Å²) in [5, 5.41) is 8.94. The van der Waals surface area contributed by atoms with E-state index in [1.165, 1.54) is 7.11 Å². The van der Waals surface area contributed by atoms with Gasteiger partial charge in [0, 0.05) is 6.61 Å². The number of aliphatic hydroxyl groups excluding tert-OH is 1. The molecule has 0 aromatic heterocycles. The molecule has 0 aliphatic heterocycles. The molecule has 2 atom stereocenters. The number of carbonyl (C=O) groups excluding carboxylic acids is 1. The largest absolute Gasteiger partial charge is 0.469 e. The normalized spacial score (nSPS) is 32.3. The van der Waals surface area contributed by atoms with Gasteiger partial charge in [0.1, 0.15) is 0 Å². The monoisotopic (exact) mass is 172 g/mol. The highest BCUT2D eigenvalue weighted by Crippen LogP contribution is 2.51. The van der Waals surface area contributed by atoms with E-state index >= 15 is 0 Å². The van der Waals surface area contributed by atoms with Crippen molar-refractivity contribution in [2.75, 3.05) is 13.7 Å². The van der Waals surface area contributed by atoms with Crippen LogP contribution in [0.4, 0.5) is 0 Å². The summed E-state index contributed by atoms with van der Waals surface area (Å²) in [6, 6.07) is 0. The van der Waals surface area contributed by atoms with Gasteiger partial charge in [0.25, 0.3) is 0 Å². The van der Waals surface area contributed by atoms with Crippen LogP contribution in [0.1, 0.15) is 20.3 Å². The van der Waals surface area contributed by atoms with Gasteiger partial charge in [-0.1, -0.05) is 13.8 Å². The standard InChI is InChI=1S/C9H16O3/c1-9(2)6(5-10)4-7(9)8(11)12-3/h6-7,10H,4-5H2,1-3H3/t6-,7+/m0/s1. The SMILES string of the molecule is COC(=O)[C@H]1C[C@@H](CO)C1(C)C. The first-order valence-corrected chi connectivity index (χ1v) is 4.22. The van der Waals surface area contributed by atoms with Crippen LogP contribution in [0, 0.1) is 17.3 Å². The van der Waals surface area contributed by atoms with Crippen molar-refractivity contribution < 1.29 is 14.6 Å². The van der Waals surface area contributed by atoms with Crippen LogP contribution in [-0.4, -0.2) is 24.8 Å². The molecule has 70 valence electrons. The van der Waals surface area contributed by atoms with Crippen LogP contribution < -0.4 is 0 Å². The number of hydrogen-bond acceptors (Lipinski definition) is 3. The summed E-state index contributed by atoms with van der Waals surface area (Å²) in [6.45, 7) is 4.17. The number of hydrogen-bond donors (Lipinski definition) is 1. The maximum atomic E-state index is 11.2. The van der Waals surface area contributed by atoms with Gasteiger partial charge >= 0.3 is 5.97 Å². The first kappa shape index (κ1) is 9.52. The van der Waals surface area contributed by atoms with Crippen molar-refractivity contribution in [3.05, 3.63) is 0 Å². The molecule has 1 fully saturated rings. The predicted molar refractivity (Wildman–Crippen MR) is 44.5 cm³/mol. The number of esters is 1. The molecule has 1 aliphatic rings. The molecule has 0 heterocycles. The second kappa shape index (κ2) is 3.05. The summed E-state index contributed by atoms with van der Waals surface area (Å²) in [6.07, 6.45) is 0.760. The molecule has 3 nitrogen and oxygen atoms in total. The number of aliphatic hydroxyl groups is 1. The Bertz CT molecular complexity index is 186. The Morgan fingerprint density at radius 1 is 1.67 bits per heavy atom. The molecule has 0 unspecified atom stereocenters. The van der Waals surface area contributed by atoms with E-state index in [0.29, 0.717) is 0 Å². The van der Waals surface area contributed by atoms with Crippen LogP contribution in [0.15, 0.2) is 0 Å². The third-order valence-corrected chi connectivity index (χ3v) is 3.18. The zero-order chi connectivity index (χ0) is 9.35. The Kier molecular flexibility index (Phi) is 2.42. The van der Waals surface area contributed by atoms with Crippen LogP contribution >= 0.6 is 0 Å². The van der Waals surface area contributed by atoms with Crippen LogP contribution in [0.2, 0.25) is 0 Å². The van der Waals surface area contributed by atoms with Crippen LogP contribution in [0.3, 0.4) is 0 Å². The third-order valence-electron chi connectivity index (χ3n) is 3.18. The molecule has 0 spiro atoms. The molecule has 1 N–H and O–H groups in total. The van der Waals surface area contributed by atoms with Crippen LogP contribution in [0.5, 0.6) is 0 Å². The van der Waals surface area contributed by atoms with Crippen LogP contribution in [0.25, 0.3) is 0 Å². The molecule has 0 amide bonds. The minimum absolute atomic E-state index is 0.0281. The average molecular weight is 172 g/mol. The highest BCUT2D eigenvalue weighted by atomic mass is 16.5. The highest BCUT2D eigenvalue weighted by Gasteiger charge is 2.51. The predicted octanol–water partition coefficient (Wildman–Crippen LogP) is 0.814. The lowest BCUT2D eigenvalue weighted by Crippen LogP contribution is -2.50. The molecule has 1 rings (SSSR count). The summed E-state index contributed by atoms with van der Waals surface area (Å²) in [4.78, 5) is 11.2. The summed E-state index contributed by atoms with van der Waals surface area (Å²) in [7, 11) is 1.41. The molecule has 0 aromatic rings. The Morgan fingerprint density at radius 3 is 2.58 bits per heavy atom. The van der Waals surface area contributed by atoms with E-state index in [2.05, 4.69) is 4.74 Å². The van der Waals surface area contributed by atoms with Gasteiger partial charge in [-0.3, -0.25) is 4.79 Å². The maximum Gasteiger partial charge on any atom is 0.309 e. The lowest BCUT2D eigenvalue weighted by Gasteiger charge is -2.49. The molecule has 0 saturated heterocycles. The van der Waals surface area contributed by atoms with Crippen molar-refractivity contribution in [2.24, 2.45) is 17.3 Å². The Morgan fingerprint density at radius 2 is 2.25 bits per heavy atom. The van der Waals surface area contributed by atoms with Crippen molar-refractivity contribution >= 4 is 5.97 Å². The molecular weight excluding hydrogens is 156 g/mol. The Hall–Kier alpha value is -0.570. The fraction of sp³-hybridized carbons (Fsp3) is 0.889. The zero-order valence-corrected chi connectivity index (χ0v) is 7.83. The smallest absolute Gasteiger partial charge is 0.309 e. The van der Waals surface area contributed by atoms with Gasteiger partial charge in [-0.05, 0) is 17.8 Å². The Balaban J connectivity index is 2.58. The third kappa shape index (κ3) is 1.22. The number of rotatable bonds is 2. The second-order valence-electron chi connectivity index (χ2n) is 4.01. The molecular formula is C9H16O3. The van der Waals surface area contributed by atoms with E-state index in [1.807, 2.05) is 13.8 Å². The highest BCUT2D eigenvalue weighted by molar-refractivity contribution is 5.74. The molecule has 12 heavy (non-hydrogen) atoms. The van der Waals surface area contributed by atoms with Gasteiger partial charge < -0.3 is 9.84 Å². The lowest BCUT2D eigenvalue weighted by atomic mass is 9.55.